The van der Waals surface area contributed by atoms with Gasteiger partial charge in [-0.05, 0) is 6.42 Å². The van der Waals surface area contributed by atoms with Crippen LogP contribution in [0.25, 0.3) is 0 Å². The molecular formula is C16H34N. The molecule has 0 saturated heterocycles. The lowest BCUT2D eigenvalue weighted by atomic mass is 10.0. The van der Waals surface area contributed by atoms with Crippen LogP contribution in [0.2, 0.25) is 0 Å². The second-order valence-electron chi connectivity index (χ2n) is 5.28. The summed E-state index contributed by atoms with van der Waals surface area (Å²) in [4.78, 5) is 0. The fourth-order valence-corrected chi connectivity index (χ4v) is 2.29. The van der Waals surface area contributed by atoms with Gasteiger partial charge in [-0.3, -0.25) is 0 Å². The van der Waals surface area contributed by atoms with E-state index in [0.717, 1.165) is 6.54 Å². The highest BCUT2D eigenvalue weighted by Gasteiger charge is 1.93. The number of hydrogen-bond acceptors (Lipinski definition) is 0. The van der Waals surface area contributed by atoms with Crippen molar-refractivity contribution in [1.29, 1.82) is 0 Å². The van der Waals surface area contributed by atoms with Crippen molar-refractivity contribution in [2.75, 3.05) is 13.6 Å². The third-order valence-electron chi connectivity index (χ3n) is 3.49. The molecule has 0 N–H and O–H groups in total. The van der Waals surface area contributed by atoms with Crippen LogP contribution in [0.4, 0.5) is 0 Å². The van der Waals surface area contributed by atoms with E-state index in [2.05, 4.69) is 12.2 Å². The van der Waals surface area contributed by atoms with E-state index in [4.69, 9.17) is 0 Å². The van der Waals surface area contributed by atoms with Crippen LogP contribution in [0, 0.1) is 0 Å². The molecule has 0 atom stereocenters. The summed E-state index contributed by atoms with van der Waals surface area (Å²) in [6, 6.07) is 0. The second kappa shape index (κ2) is 16.0. The number of hydrogen-bond donors (Lipinski definition) is 0. The van der Waals surface area contributed by atoms with Crippen LogP contribution in [0.15, 0.2) is 0 Å². The molecule has 0 aromatic rings. The van der Waals surface area contributed by atoms with Gasteiger partial charge in [0.15, 0.2) is 0 Å². The zero-order valence-corrected chi connectivity index (χ0v) is 12.3. The fourth-order valence-electron chi connectivity index (χ4n) is 2.29. The summed E-state index contributed by atoms with van der Waals surface area (Å²) in [6.45, 7) is 3.35. The van der Waals surface area contributed by atoms with E-state index < -0.39 is 0 Å². The molecule has 1 radical (unpaired) electrons. The number of nitrogens with zero attached hydrogens (tertiary/aromatic N) is 1. The van der Waals surface area contributed by atoms with Crippen molar-refractivity contribution < 1.29 is 0 Å². The standard InChI is InChI=1S/C16H34N/c1-3-4-5-6-7-8-9-10-11-12-13-14-15-16-17-2/h3-16H2,1-2H3. The predicted molar refractivity (Wildman–Crippen MR) is 78.6 cm³/mol. The molecule has 0 aliphatic heterocycles. The van der Waals surface area contributed by atoms with Gasteiger partial charge in [-0.15, -0.1) is 0 Å². The fraction of sp³-hybridized carbons (Fsp3) is 1.00. The Kier molecular flexibility index (Phi) is 15.9. The first kappa shape index (κ1) is 17.0. The van der Waals surface area contributed by atoms with Crippen LogP contribution >= 0.6 is 0 Å². The molecule has 0 amide bonds. The van der Waals surface area contributed by atoms with Crippen LogP contribution < -0.4 is 5.32 Å². The molecule has 0 unspecified atom stereocenters. The summed E-state index contributed by atoms with van der Waals surface area (Å²) >= 11 is 0. The Morgan fingerprint density at radius 1 is 0.529 bits per heavy atom. The van der Waals surface area contributed by atoms with E-state index in [-0.39, 0.29) is 0 Å². The van der Waals surface area contributed by atoms with Crippen LogP contribution in [-0.4, -0.2) is 13.6 Å². The van der Waals surface area contributed by atoms with Crippen LogP contribution in [0.1, 0.15) is 90.4 Å². The van der Waals surface area contributed by atoms with Gasteiger partial charge in [-0.25, -0.2) is 5.32 Å². The van der Waals surface area contributed by atoms with Gasteiger partial charge in [0.2, 0.25) is 0 Å². The molecule has 1 nitrogen and oxygen atoms in total. The van der Waals surface area contributed by atoms with Gasteiger partial charge in [-0.2, -0.15) is 0 Å². The topological polar surface area (TPSA) is 14.1 Å². The Bertz CT molecular complexity index is 109. The van der Waals surface area contributed by atoms with Gasteiger partial charge in [0.25, 0.3) is 0 Å². The van der Waals surface area contributed by atoms with E-state index in [9.17, 15) is 0 Å². The third kappa shape index (κ3) is 16.0. The monoisotopic (exact) mass is 240 g/mol. The van der Waals surface area contributed by atoms with E-state index in [1.807, 2.05) is 7.05 Å². The van der Waals surface area contributed by atoms with Crippen molar-refractivity contribution in [3.63, 3.8) is 0 Å². The molecule has 0 spiro atoms. The number of unbranched alkanes of at least 4 members (excludes halogenated alkanes) is 12. The van der Waals surface area contributed by atoms with Gasteiger partial charge < -0.3 is 0 Å². The van der Waals surface area contributed by atoms with E-state index in [1.165, 1.54) is 83.5 Å². The molecule has 0 fully saturated rings. The van der Waals surface area contributed by atoms with Crippen LogP contribution in [-0.2, 0) is 0 Å². The molecule has 103 valence electrons. The normalized spacial score (nSPS) is 10.9. The minimum absolute atomic E-state index is 1.07. The Labute approximate surface area is 110 Å². The smallest absolute Gasteiger partial charge is 0.0130 e. The van der Waals surface area contributed by atoms with Crippen molar-refractivity contribution in [2.45, 2.75) is 90.4 Å². The molecule has 0 saturated carbocycles. The molecule has 0 rings (SSSR count). The first-order valence-corrected chi connectivity index (χ1v) is 7.97. The van der Waals surface area contributed by atoms with Crippen molar-refractivity contribution >= 4 is 0 Å². The zero-order chi connectivity index (χ0) is 12.6. The summed E-state index contributed by atoms with van der Waals surface area (Å²) in [5.41, 5.74) is 0. The largest absolute Gasteiger partial charge is 0.245 e. The molecule has 17 heavy (non-hydrogen) atoms. The summed E-state index contributed by atoms with van der Waals surface area (Å²) in [5, 5.41) is 4.12. The highest BCUT2D eigenvalue weighted by Crippen LogP contribution is 2.12. The Morgan fingerprint density at radius 2 is 0.882 bits per heavy atom. The predicted octanol–water partition coefficient (Wildman–Crippen LogP) is 5.31. The molecule has 0 heterocycles. The van der Waals surface area contributed by atoms with Crippen molar-refractivity contribution in [1.82, 2.24) is 5.32 Å². The van der Waals surface area contributed by atoms with Gasteiger partial charge in [-0.1, -0.05) is 84.0 Å². The molecule has 0 aliphatic rings. The lowest BCUT2D eigenvalue weighted by Gasteiger charge is -2.02. The summed E-state index contributed by atoms with van der Waals surface area (Å²) in [6.07, 6.45) is 18.6. The molecule has 1 heteroatoms. The minimum Gasteiger partial charge on any atom is -0.245 e. The quantitative estimate of drug-likeness (QED) is 0.365. The summed E-state index contributed by atoms with van der Waals surface area (Å²) in [7, 11) is 1.92. The molecular weight excluding hydrogens is 206 g/mol. The van der Waals surface area contributed by atoms with Crippen LogP contribution in [0.5, 0.6) is 0 Å². The Morgan fingerprint density at radius 3 is 1.24 bits per heavy atom. The minimum atomic E-state index is 1.07. The molecule has 0 aliphatic carbocycles. The highest BCUT2D eigenvalue weighted by atomic mass is 14.8. The molecule has 0 bridgehead atoms. The first-order chi connectivity index (χ1) is 8.41. The second-order valence-corrected chi connectivity index (χ2v) is 5.28. The summed E-state index contributed by atoms with van der Waals surface area (Å²) < 4.78 is 0. The van der Waals surface area contributed by atoms with Crippen molar-refractivity contribution in [2.24, 2.45) is 0 Å². The highest BCUT2D eigenvalue weighted by molar-refractivity contribution is 4.49. The average molecular weight is 240 g/mol. The number of rotatable bonds is 14. The first-order valence-electron chi connectivity index (χ1n) is 7.97. The van der Waals surface area contributed by atoms with Gasteiger partial charge in [0.05, 0.1) is 0 Å². The lowest BCUT2D eigenvalue weighted by Crippen LogP contribution is -1.98. The SMILES string of the molecule is CCCCCCCCCCCCCCC[N]C. The maximum Gasteiger partial charge on any atom is 0.0130 e. The Hall–Kier alpha value is -0.0400. The lowest BCUT2D eigenvalue weighted by molar-refractivity contribution is 0.536. The maximum absolute atomic E-state index is 4.12. The van der Waals surface area contributed by atoms with Gasteiger partial charge in [0, 0.05) is 13.6 Å². The van der Waals surface area contributed by atoms with Crippen molar-refractivity contribution in [3.8, 4) is 0 Å². The Balaban J connectivity index is 2.85. The van der Waals surface area contributed by atoms with E-state index in [1.54, 1.807) is 0 Å². The zero-order valence-electron chi connectivity index (χ0n) is 12.3. The maximum atomic E-state index is 4.12. The summed E-state index contributed by atoms with van der Waals surface area (Å²) in [5.74, 6) is 0. The van der Waals surface area contributed by atoms with E-state index in [0.29, 0.717) is 0 Å². The van der Waals surface area contributed by atoms with Crippen molar-refractivity contribution in [3.05, 3.63) is 0 Å². The van der Waals surface area contributed by atoms with Crippen LogP contribution in [0.3, 0.4) is 0 Å². The van der Waals surface area contributed by atoms with Gasteiger partial charge >= 0.3 is 0 Å². The third-order valence-corrected chi connectivity index (χ3v) is 3.49. The molecule has 0 aromatic heterocycles. The van der Waals surface area contributed by atoms with Gasteiger partial charge in [0.1, 0.15) is 0 Å². The average Bonchev–Trinajstić information content (AvgIpc) is 2.35. The molecule has 0 aromatic carbocycles. The van der Waals surface area contributed by atoms with E-state index >= 15 is 0 Å².